The molecule has 0 saturated carbocycles. The molecular weight excluding hydrogens is 298 g/mol. The van der Waals surface area contributed by atoms with Gasteiger partial charge in [-0.2, -0.15) is 0 Å². The normalized spacial score (nSPS) is 14.4. The van der Waals surface area contributed by atoms with E-state index in [-0.39, 0.29) is 0 Å². The van der Waals surface area contributed by atoms with Crippen molar-refractivity contribution in [2.45, 2.75) is 46.7 Å². The summed E-state index contributed by atoms with van der Waals surface area (Å²) in [6.07, 6.45) is 0. The summed E-state index contributed by atoms with van der Waals surface area (Å²) in [7, 11) is 0. The Hall–Kier alpha value is -0.830. The molecule has 1 N–H and O–H groups in total. The number of thiophene rings is 1. The highest BCUT2D eigenvalue weighted by atomic mass is 35.5. The second-order valence-corrected chi connectivity index (χ2v) is 7.93. The van der Waals surface area contributed by atoms with Crippen LogP contribution >= 0.6 is 22.9 Å². The smallest absolute Gasteiger partial charge is 0.0406 e. The molecule has 1 heterocycles. The minimum absolute atomic E-state index is 0.330. The van der Waals surface area contributed by atoms with Gasteiger partial charge in [-0.1, -0.05) is 37.6 Å². The van der Waals surface area contributed by atoms with E-state index in [0.29, 0.717) is 18.0 Å². The van der Waals surface area contributed by atoms with Gasteiger partial charge in [0.1, 0.15) is 0 Å². The predicted molar refractivity (Wildman–Crippen MR) is 94.4 cm³/mol. The molecule has 0 aliphatic carbocycles. The standard InChI is InChI=1S/C18H24ClNS/c1-11(2)18(15-6-8-16(19)9-7-15)20-13(4)17-10-12(3)21-14(17)5/h6-11,13,18,20H,1-5H3. The zero-order valence-corrected chi connectivity index (χ0v) is 15.0. The lowest BCUT2D eigenvalue weighted by Gasteiger charge is -2.27. The van der Waals surface area contributed by atoms with Gasteiger partial charge in [0.2, 0.25) is 0 Å². The van der Waals surface area contributed by atoms with Crippen LogP contribution in [0.25, 0.3) is 0 Å². The molecule has 2 atom stereocenters. The van der Waals surface area contributed by atoms with Crippen molar-refractivity contribution in [1.82, 2.24) is 5.32 Å². The number of benzene rings is 1. The number of aryl methyl sites for hydroxylation is 2. The first kappa shape index (κ1) is 16.5. The summed E-state index contributed by atoms with van der Waals surface area (Å²) in [5.41, 5.74) is 2.71. The summed E-state index contributed by atoms with van der Waals surface area (Å²) in [5, 5.41) is 4.58. The number of hydrogen-bond donors (Lipinski definition) is 1. The predicted octanol–water partition coefficient (Wildman–Crippen LogP) is 6.07. The Balaban J connectivity index is 2.20. The summed E-state index contributed by atoms with van der Waals surface area (Å²) >= 11 is 7.88. The zero-order valence-electron chi connectivity index (χ0n) is 13.4. The Morgan fingerprint density at radius 3 is 2.14 bits per heavy atom. The Bertz CT molecular complexity index is 586. The first-order valence-electron chi connectivity index (χ1n) is 7.47. The molecule has 0 aliphatic rings. The van der Waals surface area contributed by atoms with E-state index in [0.717, 1.165) is 5.02 Å². The van der Waals surface area contributed by atoms with Crippen LogP contribution in [-0.2, 0) is 0 Å². The first-order valence-corrected chi connectivity index (χ1v) is 8.66. The number of halogens is 1. The molecule has 0 spiro atoms. The van der Waals surface area contributed by atoms with Crippen molar-refractivity contribution < 1.29 is 0 Å². The van der Waals surface area contributed by atoms with Crippen LogP contribution in [-0.4, -0.2) is 0 Å². The van der Waals surface area contributed by atoms with Gasteiger partial charge >= 0.3 is 0 Å². The van der Waals surface area contributed by atoms with Gasteiger partial charge in [-0.3, -0.25) is 0 Å². The zero-order chi connectivity index (χ0) is 15.6. The highest BCUT2D eigenvalue weighted by molar-refractivity contribution is 7.12. The van der Waals surface area contributed by atoms with E-state index >= 15 is 0 Å². The average Bonchev–Trinajstić information content (AvgIpc) is 2.76. The fourth-order valence-corrected chi connectivity index (χ4v) is 3.93. The van der Waals surface area contributed by atoms with Crippen LogP contribution in [0.2, 0.25) is 5.02 Å². The lowest BCUT2D eigenvalue weighted by molar-refractivity contribution is 0.374. The molecule has 0 fully saturated rings. The second kappa shape index (κ2) is 6.95. The molecule has 0 amide bonds. The van der Waals surface area contributed by atoms with Crippen LogP contribution in [0.4, 0.5) is 0 Å². The van der Waals surface area contributed by atoms with Gasteiger partial charge < -0.3 is 5.32 Å². The second-order valence-electron chi connectivity index (χ2n) is 6.03. The minimum Gasteiger partial charge on any atom is -0.303 e. The Morgan fingerprint density at radius 2 is 1.67 bits per heavy atom. The van der Waals surface area contributed by atoms with E-state index in [2.05, 4.69) is 58.1 Å². The number of hydrogen-bond acceptors (Lipinski definition) is 2. The van der Waals surface area contributed by atoms with Crippen molar-refractivity contribution in [1.29, 1.82) is 0 Å². The van der Waals surface area contributed by atoms with Crippen LogP contribution in [0.1, 0.15) is 53.7 Å². The van der Waals surface area contributed by atoms with E-state index < -0.39 is 0 Å². The average molecular weight is 322 g/mol. The third-order valence-corrected chi connectivity index (χ3v) is 5.10. The summed E-state index contributed by atoms with van der Waals surface area (Å²) in [5.74, 6) is 0.522. The van der Waals surface area contributed by atoms with Crippen LogP contribution < -0.4 is 5.32 Å². The number of nitrogens with one attached hydrogen (secondary N) is 1. The molecule has 2 aromatic rings. The maximum atomic E-state index is 6.00. The van der Waals surface area contributed by atoms with E-state index in [1.165, 1.54) is 20.9 Å². The summed E-state index contributed by atoms with van der Waals surface area (Å²) in [4.78, 5) is 2.79. The summed E-state index contributed by atoms with van der Waals surface area (Å²) in [6, 6.07) is 11.2. The maximum absolute atomic E-state index is 6.00. The maximum Gasteiger partial charge on any atom is 0.0406 e. The highest BCUT2D eigenvalue weighted by Crippen LogP contribution is 2.30. The van der Waals surface area contributed by atoms with Crippen molar-refractivity contribution in [2.24, 2.45) is 5.92 Å². The monoisotopic (exact) mass is 321 g/mol. The molecule has 1 nitrogen and oxygen atoms in total. The van der Waals surface area contributed by atoms with Crippen molar-refractivity contribution in [2.75, 3.05) is 0 Å². The van der Waals surface area contributed by atoms with Crippen molar-refractivity contribution in [3.05, 3.63) is 56.2 Å². The molecule has 0 radical (unpaired) electrons. The Kier molecular flexibility index (Phi) is 5.48. The molecule has 1 aromatic heterocycles. The van der Waals surface area contributed by atoms with Gasteiger partial charge in [0, 0.05) is 26.9 Å². The Labute approximate surface area is 137 Å². The van der Waals surface area contributed by atoms with E-state index in [4.69, 9.17) is 11.6 Å². The fraction of sp³-hybridized carbons (Fsp3) is 0.444. The highest BCUT2D eigenvalue weighted by Gasteiger charge is 2.20. The largest absolute Gasteiger partial charge is 0.303 e. The van der Waals surface area contributed by atoms with Crippen molar-refractivity contribution >= 4 is 22.9 Å². The number of rotatable bonds is 5. The minimum atomic E-state index is 0.330. The first-order chi connectivity index (χ1) is 9.88. The molecule has 0 bridgehead atoms. The lowest BCUT2D eigenvalue weighted by Crippen LogP contribution is -2.28. The SMILES string of the molecule is Cc1cc(C(C)NC(c2ccc(Cl)cc2)C(C)C)c(C)s1. The quantitative estimate of drug-likeness (QED) is 0.705. The lowest BCUT2D eigenvalue weighted by atomic mass is 9.94. The van der Waals surface area contributed by atoms with Gasteiger partial charge in [0.15, 0.2) is 0 Å². The fourth-order valence-electron chi connectivity index (χ4n) is 2.78. The molecule has 2 rings (SSSR count). The summed E-state index contributed by atoms with van der Waals surface area (Å²) in [6.45, 7) is 11.1. The van der Waals surface area contributed by atoms with Crippen LogP contribution in [0.15, 0.2) is 30.3 Å². The van der Waals surface area contributed by atoms with E-state index in [9.17, 15) is 0 Å². The van der Waals surface area contributed by atoms with E-state index in [1.807, 2.05) is 23.5 Å². The van der Waals surface area contributed by atoms with Gasteiger partial charge in [0.05, 0.1) is 0 Å². The third-order valence-electron chi connectivity index (χ3n) is 3.87. The molecule has 114 valence electrons. The van der Waals surface area contributed by atoms with Gasteiger partial charge in [0.25, 0.3) is 0 Å². The van der Waals surface area contributed by atoms with Gasteiger partial charge in [-0.15, -0.1) is 11.3 Å². The van der Waals surface area contributed by atoms with Crippen LogP contribution in [0, 0.1) is 19.8 Å². The third kappa shape index (κ3) is 4.09. The van der Waals surface area contributed by atoms with Crippen molar-refractivity contribution in [3.8, 4) is 0 Å². The van der Waals surface area contributed by atoms with Gasteiger partial charge in [-0.05, 0) is 56.0 Å². The van der Waals surface area contributed by atoms with Crippen molar-refractivity contribution in [3.63, 3.8) is 0 Å². The summed E-state index contributed by atoms with van der Waals surface area (Å²) < 4.78 is 0. The molecule has 1 aromatic carbocycles. The molecule has 0 saturated heterocycles. The molecule has 0 aliphatic heterocycles. The molecule has 21 heavy (non-hydrogen) atoms. The Morgan fingerprint density at radius 1 is 1.05 bits per heavy atom. The molecular formula is C18H24ClNS. The van der Waals surface area contributed by atoms with E-state index in [1.54, 1.807) is 0 Å². The van der Waals surface area contributed by atoms with Gasteiger partial charge in [-0.25, -0.2) is 0 Å². The van der Waals surface area contributed by atoms with Crippen LogP contribution in [0.5, 0.6) is 0 Å². The van der Waals surface area contributed by atoms with Crippen LogP contribution in [0.3, 0.4) is 0 Å². The topological polar surface area (TPSA) is 12.0 Å². The molecule has 2 unspecified atom stereocenters. The molecule has 3 heteroatoms.